The average molecular weight is 596 g/mol. The van der Waals surface area contributed by atoms with E-state index in [1.165, 1.54) is 30.8 Å². The standard InChI is InChI=1S/C30H31F2N5O4S/c1-18(39)34-26(15-19-13-20(31)16-21(32)14-19)27-23(10-9-22(35-27)11-12-30(2,3)17-38)24-7-6-8-25-28(24)37(5)36-29(25)42(40,41)33-4/h6-10,13-14,16,26,33,38H,15,17H2,1-5H3,(H,34,39)/t26-/m0/s1. The minimum atomic E-state index is -3.89. The molecule has 4 rings (SSSR count). The predicted octanol–water partition coefficient (Wildman–Crippen LogP) is 3.61. The fourth-order valence-electron chi connectivity index (χ4n) is 4.55. The number of aryl methyl sites for hydroxylation is 1. The summed E-state index contributed by atoms with van der Waals surface area (Å²) in [6.45, 7) is 4.69. The number of fused-ring (bicyclic) bond motifs is 1. The quantitative estimate of drug-likeness (QED) is 0.267. The Bertz CT molecular complexity index is 1820. The molecule has 1 atom stereocenters. The third-order valence-electron chi connectivity index (χ3n) is 6.56. The molecule has 0 saturated carbocycles. The minimum Gasteiger partial charge on any atom is -0.395 e. The van der Waals surface area contributed by atoms with E-state index >= 15 is 0 Å². The van der Waals surface area contributed by atoms with Crippen molar-refractivity contribution in [2.75, 3.05) is 13.7 Å². The molecule has 42 heavy (non-hydrogen) atoms. The van der Waals surface area contributed by atoms with Crippen LogP contribution in [0.4, 0.5) is 8.78 Å². The highest BCUT2D eigenvalue weighted by molar-refractivity contribution is 7.89. The maximum atomic E-state index is 14.1. The summed E-state index contributed by atoms with van der Waals surface area (Å²) >= 11 is 0. The Labute approximate surface area is 243 Å². The number of sulfonamides is 1. The molecule has 2 heterocycles. The molecule has 220 valence electrons. The number of rotatable bonds is 8. The SMILES string of the molecule is CNS(=O)(=O)c1nn(C)c2c(-c3ccc(C#CC(C)(C)CO)nc3[C@H](Cc3cc(F)cc(F)c3)NC(C)=O)cccc12. The van der Waals surface area contributed by atoms with E-state index in [9.17, 15) is 27.1 Å². The number of amides is 1. The van der Waals surface area contributed by atoms with Crippen LogP contribution in [0.25, 0.3) is 22.0 Å². The van der Waals surface area contributed by atoms with Crippen molar-refractivity contribution in [1.82, 2.24) is 24.8 Å². The summed E-state index contributed by atoms with van der Waals surface area (Å²) in [6, 6.07) is 10.8. The van der Waals surface area contributed by atoms with Crippen LogP contribution in [0.1, 0.15) is 43.8 Å². The van der Waals surface area contributed by atoms with E-state index in [4.69, 9.17) is 4.98 Å². The van der Waals surface area contributed by atoms with E-state index in [1.54, 1.807) is 51.2 Å². The molecule has 2 aromatic carbocycles. The van der Waals surface area contributed by atoms with Crippen molar-refractivity contribution < 1.29 is 27.1 Å². The van der Waals surface area contributed by atoms with Crippen molar-refractivity contribution >= 4 is 26.8 Å². The number of halogens is 2. The Morgan fingerprint density at radius 2 is 1.81 bits per heavy atom. The molecule has 0 aliphatic rings. The summed E-state index contributed by atoms with van der Waals surface area (Å²) in [6.07, 6.45) is -0.00593. The molecule has 0 saturated heterocycles. The maximum Gasteiger partial charge on any atom is 0.260 e. The number of pyridine rings is 1. The van der Waals surface area contributed by atoms with Crippen LogP contribution in [0.5, 0.6) is 0 Å². The Hall–Kier alpha value is -4.18. The zero-order valence-corrected chi connectivity index (χ0v) is 24.6. The van der Waals surface area contributed by atoms with E-state index in [0.717, 1.165) is 6.07 Å². The number of nitrogens with one attached hydrogen (secondary N) is 2. The van der Waals surface area contributed by atoms with Gasteiger partial charge in [0.1, 0.15) is 17.3 Å². The number of carbonyl (C=O) groups excluding carboxylic acids is 1. The van der Waals surface area contributed by atoms with Gasteiger partial charge in [-0.2, -0.15) is 5.10 Å². The van der Waals surface area contributed by atoms with E-state index in [1.807, 2.05) is 0 Å². The number of nitrogens with zero attached hydrogens (tertiary/aromatic N) is 3. The molecule has 3 N–H and O–H groups in total. The van der Waals surface area contributed by atoms with Gasteiger partial charge in [-0.05, 0) is 69.1 Å². The number of aromatic nitrogens is 3. The summed E-state index contributed by atoms with van der Waals surface area (Å²) in [5.41, 5.74) is 1.86. The van der Waals surface area contributed by atoms with E-state index in [-0.39, 0.29) is 23.6 Å². The normalized spacial score (nSPS) is 12.6. The lowest BCUT2D eigenvalue weighted by molar-refractivity contribution is -0.119. The maximum absolute atomic E-state index is 14.1. The topological polar surface area (TPSA) is 126 Å². The Balaban J connectivity index is 2.00. The van der Waals surface area contributed by atoms with E-state index in [2.05, 4.69) is 27.0 Å². The number of para-hydroxylation sites is 1. The molecule has 1 amide bonds. The van der Waals surface area contributed by atoms with Gasteiger partial charge < -0.3 is 10.4 Å². The van der Waals surface area contributed by atoms with E-state index < -0.39 is 39.0 Å². The van der Waals surface area contributed by atoms with Gasteiger partial charge in [0.15, 0.2) is 5.03 Å². The summed E-state index contributed by atoms with van der Waals surface area (Å²) in [7, 11) is -0.974. The lowest BCUT2D eigenvalue weighted by Gasteiger charge is -2.22. The van der Waals surface area contributed by atoms with Crippen LogP contribution in [0, 0.1) is 28.9 Å². The molecule has 9 nitrogen and oxygen atoms in total. The second-order valence-electron chi connectivity index (χ2n) is 10.5. The summed E-state index contributed by atoms with van der Waals surface area (Å²) in [5, 5.41) is 16.9. The first kappa shape index (κ1) is 30.8. The van der Waals surface area contributed by atoms with Crippen molar-refractivity contribution in [2.45, 2.75) is 38.3 Å². The monoisotopic (exact) mass is 595 g/mol. The van der Waals surface area contributed by atoms with E-state index in [0.29, 0.717) is 33.4 Å². The number of hydrogen-bond donors (Lipinski definition) is 3. The van der Waals surface area contributed by atoms with Gasteiger partial charge in [-0.15, -0.1) is 0 Å². The first-order chi connectivity index (χ1) is 19.7. The summed E-state index contributed by atoms with van der Waals surface area (Å²) < 4.78 is 57.4. The van der Waals surface area contributed by atoms with Crippen LogP contribution in [0.2, 0.25) is 0 Å². The first-order valence-corrected chi connectivity index (χ1v) is 14.5. The van der Waals surface area contributed by atoms with Gasteiger partial charge in [-0.3, -0.25) is 9.48 Å². The lowest BCUT2D eigenvalue weighted by atomic mass is 9.93. The second kappa shape index (κ2) is 12.0. The highest BCUT2D eigenvalue weighted by Gasteiger charge is 2.26. The van der Waals surface area contributed by atoms with Gasteiger partial charge in [-0.1, -0.05) is 18.1 Å². The van der Waals surface area contributed by atoms with Crippen LogP contribution in [0.15, 0.2) is 53.6 Å². The van der Waals surface area contributed by atoms with Gasteiger partial charge in [-0.25, -0.2) is 26.9 Å². The molecular formula is C30H31F2N5O4S. The highest BCUT2D eigenvalue weighted by atomic mass is 32.2. The molecule has 0 aliphatic heterocycles. The summed E-state index contributed by atoms with van der Waals surface area (Å²) in [5.74, 6) is 4.03. The van der Waals surface area contributed by atoms with Crippen molar-refractivity contribution in [3.05, 3.63) is 77.1 Å². The summed E-state index contributed by atoms with van der Waals surface area (Å²) in [4.78, 5) is 17.1. The van der Waals surface area contributed by atoms with Crippen LogP contribution in [-0.2, 0) is 28.3 Å². The molecule has 0 unspecified atom stereocenters. The van der Waals surface area contributed by atoms with Gasteiger partial charge in [0, 0.05) is 42.0 Å². The van der Waals surface area contributed by atoms with Crippen LogP contribution < -0.4 is 10.0 Å². The average Bonchev–Trinajstić information content (AvgIpc) is 3.28. The van der Waals surface area contributed by atoms with Crippen LogP contribution in [0.3, 0.4) is 0 Å². The number of benzene rings is 2. The lowest BCUT2D eigenvalue weighted by Crippen LogP contribution is -2.29. The molecule has 0 radical (unpaired) electrons. The molecule has 0 bridgehead atoms. The Morgan fingerprint density at radius 3 is 2.43 bits per heavy atom. The number of hydrogen-bond acceptors (Lipinski definition) is 6. The molecule has 4 aromatic rings. The number of aliphatic hydroxyl groups excluding tert-OH is 1. The van der Waals surface area contributed by atoms with Crippen molar-refractivity contribution in [2.24, 2.45) is 12.5 Å². The zero-order valence-electron chi connectivity index (χ0n) is 23.8. The fourth-order valence-corrected chi connectivity index (χ4v) is 5.43. The fraction of sp³-hybridized carbons (Fsp3) is 0.300. The van der Waals surface area contributed by atoms with Crippen molar-refractivity contribution in [3.8, 4) is 23.0 Å². The Kier molecular flexibility index (Phi) is 8.77. The van der Waals surface area contributed by atoms with Gasteiger partial charge in [0.05, 0.1) is 23.9 Å². The molecule has 12 heteroatoms. The molecule has 0 aliphatic carbocycles. The second-order valence-corrected chi connectivity index (χ2v) is 12.3. The van der Waals surface area contributed by atoms with Gasteiger partial charge in [0.2, 0.25) is 5.91 Å². The number of aliphatic hydroxyl groups is 1. The van der Waals surface area contributed by atoms with Crippen LogP contribution >= 0.6 is 0 Å². The van der Waals surface area contributed by atoms with Crippen molar-refractivity contribution in [1.29, 1.82) is 0 Å². The van der Waals surface area contributed by atoms with Crippen LogP contribution in [-0.4, -0.2) is 47.9 Å². The minimum absolute atomic E-state index is 0.00593. The smallest absolute Gasteiger partial charge is 0.260 e. The third kappa shape index (κ3) is 6.65. The third-order valence-corrected chi connectivity index (χ3v) is 7.91. The molecule has 2 aromatic heterocycles. The van der Waals surface area contributed by atoms with Gasteiger partial charge >= 0.3 is 0 Å². The highest BCUT2D eigenvalue weighted by Crippen LogP contribution is 2.36. The molecule has 0 spiro atoms. The molecule has 0 fully saturated rings. The zero-order chi connectivity index (χ0) is 30.8. The van der Waals surface area contributed by atoms with Gasteiger partial charge in [0.25, 0.3) is 10.0 Å². The van der Waals surface area contributed by atoms with Crippen molar-refractivity contribution in [3.63, 3.8) is 0 Å². The Morgan fingerprint density at radius 1 is 1.12 bits per heavy atom. The predicted molar refractivity (Wildman–Crippen MR) is 155 cm³/mol. The molecular weight excluding hydrogens is 564 g/mol. The number of carbonyl (C=O) groups is 1. The first-order valence-electron chi connectivity index (χ1n) is 13.0. The largest absolute Gasteiger partial charge is 0.395 e.